The lowest BCUT2D eigenvalue weighted by Crippen LogP contribution is -1.91. The van der Waals surface area contributed by atoms with Gasteiger partial charge < -0.3 is 9.26 Å². The number of rotatable bonds is 3. The summed E-state index contributed by atoms with van der Waals surface area (Å²) in [5.74, 6) is 0.793. The summed E-state index contributed by atoms with van der Waals surface area (Å²) in [5, 5.41) is 4.53. The van der Waals surface area contributed by atoms with E-state index in [1.54, 1.807) is 24.5 Å². The molecule has 0 bridgehead atoms. The maximum Gasteiger partial charge on any atom is 0.316 e. The van der Waals surface area contributed by atoms with Crippen LogP contribution in [-0.4, -0.2) is 27.2 Å². The zero-order valence-electron chi connectivity index (χ0n) is 10.4. The average molecular weight is 289 g/mol. The van der Waals surface area contributed by atoms with E-state index in [4.69, 9.17) is 20.9 Å². The molecule has 0 unspecified atom stereocenters. The molecule has 0 aliphatic carbocycles. The highest BCUT2D eigenvalue weighted by atomic mass is 35.5. The van der Waals surface area contributed by atoms with Gasteiger partial charge >= 0.3 is 6.01 Å². The molecule has 0 saturated heterocycles. The molecule has 1 aromatic carbocycles. The van der Waals surface area contributed by atoms with Crippen molar-refractivity contribution in [3.05, 3.63) is 41.7 Å². The van der Waals surface area contributed by atoms with Gasteiger partial charge in [0.05, 0.1) is 12.7 Å². The Hall–Kier alpha value is -2.47. The van der Waals surface area contributed by atoms with Crippen molar-refractivity contribution in [1.82, 2.24) is 20.1 Å². The summed E-state index contributed by atoms with van der Waals surface area (Å²) < 4.78 is 10.1. The number of methoxy groups -OCH3 is 1. The van der Waals surface area contributed by atoms with Crippen LogP contribution in [0.2, 0.25) is 5.02 Å². The number of aromatic nitrogens is 4. The lowest BCUT2D eigenvalue weighted by molar-refractivity contribution is 0.379. The fraction of sp³-hybridized carbons (Fsp3) is 0.0769. The summed E-state index contributed by atoms with van der Waals surface area (Å²) in [5.41, 5.74) is 1.40. The van der Waals surface area contributed by atoms with Crippen molar-refractivity contribution in [2.45, 2.75) is 0 Å². The molecule has 0 aliphatic rings. The SMILES string of the molecule is COc1ncc(-c2nc(-c3cccc(Cl)c3)no2)cn1. The molecule has 0 amide bonds. The minimum atomic E-state index is 0.281. The first-order valence-corrected chi connectivity index (χ1v) is 6.10. The number of hydrogen-bond acceptors (Lipinski definition) is 6. The van der Waals surface area contributed by atoms with Gasteiger partial charge in [0.2, 0.25) is 5.82 Å². The monoisotopic (exact) mass is 288 g/mol. The Morgan fingerprint density at radius 3 is 2.65 bits per heavy atom. The van der Waals surface area contributed by atoms with Gasteiger partial charge in [-0.2, -0.15) is 4.98 Å². The molecule has 3 rings (SSSR count). The third-order valence-corrected chi connectivity index (χ3v) is 2.80. The maximum absolute atomic E-state index is 5.93. The molecular formula is C13H9ClN4O2. The Kier molecular flexibility index (Phi) is 3.30. The summed E-state index contributed by atoms with van der Waals surface area (Å²) in [4.78, 5) is 12.3. The van der Waals surface area contributed by atoms with E-state index < -0.39 is 0 Å². The van der Waals surface area contributed by atoms with E-state index in [-0.39, 0.29) is 6.01 Å². The molecule has 100 valence electrons. The number of benzene rings is 1. The van der Waals surface area contributed by atoms with Gasteiger partial charge in [-0.25, -0.2) is 9.97 Å². The average Bonchev–Trinajstić information content (AvgIpc) is 2.97. The fourth-order valence-corrected chi connectivity index (χ4v) is 1.81. The van der Waals surface area contributed by atoms with Crippen molar-refractivity contribution in [3.8, 4) is 28.9 Å². The predicted octanol–water partition coefficient (Wildman–Crippen LogP) is 2.86. The van der Waals surface area contributed by atoms with Crippen molar-refractivity contribution < 1.29 is 9.26 Å². The molecule has 0 aliphatic heterocycles. The van der Waals surface area contributed by atoms with Crippen molar-refractivity contribution in [1.29, 1.82) is 0 Å². The summed E-state index contributed by atoms with van der Waals surface area (Å²) >= 11 is 5.93. The maximum atomic E-state index is 5.93. The summed E-state index contributed by atoms with van der Waals surface area (Å²) in [7, 11) is 1.50. The van der Waals surface area contributed by atoms with E-state index in [1.807, 2.05) is 12.1 Å². The summed E-state index contributed by atoms with van der Waals surface area (Å²) in [6, 6.07) is 7.50. The van der Waals surface area contributed by atoms with Crippen molar-refractivity contribution in [2.75, 3.05) is 7.11 Å². The van der Waals surface area contributed by atoms with Crippen LogP contribution < -0.4 is 4.74 Å². The van der Waals surface area contributed by atoms with Gasteiger partial charge in [-0.15, -0.1) is 0 Å². The van der Waals surface area contributed by atoms with Gasteiger partial charge in [-0.3, -0.25) is 0 Å². The number of hydrogen-bond donors (Lipinski definition) is 0. The van der Waals surface area contributed by atoms with Crippen LogP contribution in [0.3, 0.4) is 0 Å². The molecule has 20 heavy (non-hydrogen) atoms. The van der Waals surface area contributed by atoms with E-state index in [9.17, 15) is 0 Å². The topological polar surface area (TPSA) is 73.9 Å². The van der Waals surface area contributed by atoms with Crippen LogP contribution in [-0.2, 0) is 0 Å². The van der Waals surface area contributed by atoms with Gasteiger partial charge in [-0.05, 0) is 12.1 Å². The van der Waals surface area contributed by atoms with Crippen LogP contribution in [0.5, 0.6) is 6.01 Å². The lowest BCUT2D eigenvalue weighted by atomic mass is 10.2. The van der Waals surface area contributed by atoms with Gasteiger partial charge in [0.15, 0.2) is 0 Å². The van der Waals surface area contributed by atoms with Crippen molar-refractivity contribution in [2.24, 2.45) is 0 Å². The summed E-state index contributed by atoms with van der Waals surface area (Å²) in [6.07, 6.45) is 3.11. The second-order valence-corrected chi connectivity index (χ2v) is 4.33. The van der Waals surface area contributed by atoms with Crippen LogP contribution in [0, 0.1) is 0 Å². The Morgan fingerprint density at radius 2 is 1.95 bits per heavy atom. The standard InChI is InChI=1S/C13H9ClN4O2/c1-19-13-15-6-9(7-16-13)12-17-11(18-20-12)8-3-2-4-10(14)5-8/h2-7H,1H3. The molecule has 0 atom stereocenters. The van der Waals surface area contributed by atoms with Crippen molar-refractivity contribution in [3.63, 3.8) is 0 Å². The van der Waals surface area contributed by atoms with Crippen LogP contribution in [0.1, 0.15) is 0 Å². The highest BCUT2D eigenvalue weighted by molar-refractivity contribution is 6.30. The Bertz CT molecular complexity index is 727. The second-order valence-electron chi connectivity index (χ2n) is 3.89. The molecule has 2 heterocycles. The predicted molar refractivity (Wildman–Crippen MR) is 72.3 cm³/mol. The van der Waals surface area contributed by atoms with Crippen molar-refractivity contribution >= 4 is 11.6 Å². The molecular weight excluding hydrogens is 280 g/mol. The van der Waals surface area contributed by atoms with E-state index in [0.717, 1.165) is 5.56 Å². The lowest BCUT2D eigenvalue weighted by Gasteiger charge is -1.96. The largest absolute Gasteiger partial charge is 0.467 e. The van der Waals surface area contributed by atoms with Crippen LogP contribution in [0.4, 0.5) is 0 Å². The first-order valence-electron chi connectivity index (χ1n) is 5.72. The molecule has 0 fully saturated rings. The van der Waals surface area contributed by atoms with Gasteiger partial charge in [0.25, 0.3) is 5.89 Å². The molecule has 2 aromatic heterocycles. The Balaban J connectivity index is 1.93. The van der Waals surface area contributed by atoms with Gasteiger partial charge in [0, 0.05) is 23.0 Å². The quantitative estimate of drug-likeness (QED) is 0.738. The molecule has 0 radical (unpaired) electrons. The minimum absolute atomic E-state index is 0.281. The molecule has 6 nitrogen and oxygen atoms in total. The van der Waals surface area contributed by atoms with Gasteiger partial charge in [0.1, 0.15) is 0 Å². The van der Waals surface area contributed by atoms with E-state index in [2.05, 4.69) is 20.1 Å². The number of nitrogens with zero attached hydrogens (tertiary/aromatic N) is 4. The third kappa shape index (κ3) is 2.46. The highest BCUT2D eigenvalue weighted by Crippen LogP contribution is 2.23. The van der Waals surface area contributed by atoms with Crippen LogP contribution in [0.25, 0.3) is 22.8 Å². The summed E-state index contributed by atoms with van der Waals surface area (Å²) in [6.45, 7) is 0. The normalized spacial score (nSPS) is 10.5. The van der Waals surface area contributed by atoms with Crippen LogP contribution in [0.15, 0.2) is 41.2 Å². The van der Waals surface area contributed by atoms with E-state index in [1.165, 1.54) is 7.11 Å². The van der Waals surface area contributed by atoms with Gasteiger partial charge in [-0.1, -0.05) is 28.9 Å². The number of halogens is 1. The third-order valence-electron chi connectivity index (χ3n) is 2.57. The minimum Gasteiger partial charge on any atom is -0.467 e. The van der Waals surface area contributed by atoms with E-state index in [0.29, 0.717) is 22.3 Å². The van der Waals surface area contributed by atoms with Crippen LogP contribution >= 0.6 is 11.6 Å². The highest BCUT2D eigenvalue weighted by Gasteiger charge is 2.11. The fourth-order valence-electron chi connectivity index (χ4n) is 1.62. The van der Waals surface area contributed by atoms with E-state index >= 15 is 0 Å². The molecule has 0 spiro atoms. The molecule has 3 aromatic rings. The Labute approximate surface area is 119 Å². The smallest absolute Gasteiger partial charge is 0.316 e. The second kappa shape index (κ2) is 5.26. The molecule has 7 heteroatoms. The first kappa shape index (κ1) is 12.6. The first-order chi connectivity index (χ1) is 9.76. The molecule has 0 N–H and O–H groups in total. The molecule has 0 saturated carbocycles. The zero-order chi connectivity index (χ0) is 13.9. The Morgan fingerprint density at radius 1 is 1.15 bits per heavy atom. The zero-order valence-corrected chi connectivity index (χ0v) is 11.2. The number of ether oxygens (including phenoxy) is 1.